The summed E-state index contributed by atoms with van der Waals surface area (Å²) in [4.78, 5) is 13.7. The number of likely N-dealkylation sites (N-methyl/N-ethyl adjacent to an activating group) is 1. The van der Waals surface area contributed by atoms with Gasteiger partial charge in [0.1, 0.15) is 0 Å². The lowest BCUT2D eigenvalue weighted by molar-refractivity contribution is -0.133. The predicted octanol–water partition coefficient (Wildman–Crippen LogP) is 1.01. The maximum absolute atomic E-state index is 11.8. The molecule has 1 amide bonds. The van der Waals surface area contributed by atoms with Gasteiger partial charge in [0, 0.05) is 26.2 Å². The van der Waals surface area contributed by atoms with Crippen molar-refractivity contribution in [3.8, 4) is 0 Å². The first-order chi connectivity index (χ1) is 7.75. The van der Waals surface area contributed by atoms with E-state index in [0.717, 1.165) is 39.0 Å². The molecule has 1 aliphatic heterocycles. The SMILES string of the molecule is CCCOCCC(=O)N(C)C1CCCNC1. The maximum atomic E-state index is 11.8. The Morgan fingerprint density at radius 1 is 1.50 bits per heavy atom. The Kier molecular flexibility index (Phi) is 6.42. The molecule has 1 N–H and O–H groups in total. The summed E-state index contributed by atoms with van der Waals surface area (Å²) in [6.07, 6.45) is 3.79. The molecular weight excluding hydrogens is 204 g/mol. The van der Waals surface area contributed by atoms with Gasteiger partial charge in [0.05, 0.1) is 13.0 Å². The minimum absolute atomic E-state index is 0.199. The lowest BCUT2D eigenvalue weighted by atomic mass is 10.1. The number of carbonyl (C=O) groups excluding carboxylic acids is 1. The van der Waals surface area contributed by atoms with Crippen molar-refractivity contribution in [3.63, 3.8) is 0 Å². The normalized spacial score (nSPS) is 20.8. The first-order valence-corrected chi connectivity index (χ1v) is 6.29. The van der Waals surface area contributed by atoms with Crippen LogP contribution in [0.5, 0.6) is 0 Å². The third-order valence-electron chi connectivity index (χ3n) is 3.02. The molecule has 1 unspecified atom stereocenters. The van der Waals surface area contributed by atoms with Crippen LogP contribution >= 0.6 is 0 Å². The molecule has 1 fully saturated rings. The van der Waals surface area contributed by atoms with Crippen molar-refractivity contribution in [1.82, 2.24) is 10.2 Å². The molecule has 0 aromatic heterocycles. The molecule has 1 heterocycles. The first kappa shape index (κ1) is 13.5. The molecule has 0 bridgehead atoms. The molecule has 1 saturated heterocycles. The zero-order valence-electron chi connectivity index (χ0n) is 10.5. The van der Waals surface area contributed by atoms with Crippen LogP contribution < -0.4 is 5.32 Å². The van der Waals surface area contributed by atoms with E-state index in [1.54, 1.807) is 0 Å². The van der Waals surface area contributed by atoms with Gasteiger partial charge in [-0.25, -0.2) is 0 Å². The van der Waals surface area contributed by atoms with Gasteiger partial charge < -0.3 is 15.0 Å². The van der Waals surface area contributed by atoms with Gasteiger partial charge in [-0.05, 0) is 25.8 Å². The van der Waals surface area contributed by atoms with E-state index in [9.17, 15) is 4.79 Å². The Balaban J connectivity index is 2.18. The fourth-order valence-corrected chi connectivity index (χ4v) is 1.95. The smallest absolute Gasteiger partial charge is 0.224 e. The third kappa shape index (κ3) is 4.49. The van der Waals surface area contributed by atoms with E-state index in [2.05, 4.69) is 12.2 Å². The summed E-state index contributed by atoms with van der Waals surface area (Å²) in [6.45, 7) is 5.39. The molecule has 4 heteroatoms. The van der Waals surface area contributed by atoms with E-state index in [-0.39, 0.29) is 5.91 Å². The van der Waals surface area contributed by atoms with Crippen LogP contribution in [-0.4, -0.2) is 50.2 Å². The molecule has 1 rings (SSSR count). The topological polar surface area (TPSA) is 41.6 Å². The molecule has 1 aliphatic rings. The predicted molar refractivity (Wildman–Crippen MR) is 64.4 cm³/mol. The van der Waals surface area contributed by atoms with Crippen molar-refractivity contribution in [2.45, 2.75) is 38.6 Å². The van der Waals surface area contributed by atoms with Crippen molar-refractivity contribution in [2.75, 3.05) is 33.4 Å². The number of piperidine rings is 1. The zero-order chi connectivity index (χ0) is 11.8. The average Bonchev–Trinajstić information content (AvgIpc) is 2.34. The summed E-state index contributed by atoms with van der Waals surface area (Å²) in [6, 6.07) is 0.368. The highest BCUT2D eigenvalue weighted by Gasteiger charge is 2.21. The lowest BCUT2D eigenvalue weighted by Crippen LogP contribution is -2.46. The van der Waals surface area contributed by atoms with E-state index in [4.69, 9.17) is 4.74 Å². The Morgan fingerprint density at radius 2 is 2.31 bits per heavy atom. The summed E-state index contributed by atoms with van der Waals surface area (Å²) in [5.74, 6) is 0.199. The number of nitrogens with zero attached hydrogens (tertiary/aromatic N) is 1. The first-order valence-electron chi connectivity index (χ1n) is 6.29. The average molecular weight is 228 g/mol. The second kappa shape index (κ2) is 7.63. The molecule has 0 saturated carbocycles. The van der Waals surface area contributed by atoms with Crippen molar-refractivity contribution in [1.29, 1.82) is 0 Å². The van der Waals surface area contributed by atoms with E-state index in [0.29, 0.717) is 19.1 Å². The van der Waals surface area contributed by atoms with E-state index < -0.39 is 0 Å². The standard InChI is InChI=1S/C12H24N2O2/c1-3-8-16-9-6-12(15)14(2)11-5-4-7-13-10-11/h11,13H,3-10H2,1-2H3. The van der Waals surface area contributed by atoms with Gasteiger partial charge in [-0.1, -0.05) is 6.92 Å². The van der Waals surface area contributed by atoms with Crippen LogP contribution in [0.4, 0.5) is 0 Å². The highest BCUT2D eigenvalue weighted by Crippen LogP contribution is 2.09. The van der Waals surface area contributed by atoms with Gasteiger partial charge in [0.2, 0.25) is 5.91 Å². The fraction of sp³-hybridized carbons (Fsp3) is 0.917. The molecule has 16 heavy (non-hydrogen) atoms. The number of hydrogen-bond donors (Lipinski definition) is 1. The summed E-state index contributed by atoms with van der Waals surface area (Å²) in [5, 5.41) is 3.32. The van der Waals surface area contributed by atoms with Crippen molar-refractivity contribution in [2.24, 2.45) is 0 Å². The van der Waals surface area contributed by atoms with Gasteiger partial charge in [0.15, 0.2) is 0 Å². The number of rotatable bonds is 6. The number of hydrogen-bond acceptors (Lipinski definition) is 3. The van der Waals surface area contributed by atoms with Crippen LogP contribution in [0.1, 0.15) is 32.6 Å². The largest absolute Gasteiger partial charge is 0.381 e. The van der Waals surface area contributed by atoms with Crippen molar-refractivity contribution >= 4 is 5.91 Å². The number of amides is 1. The van der Waals surface area contributed by atoms with E-state index >= 15 is 0 Å². The zero-order valence-corrected chi connectivity index (χ0v) is 10.5. The Morgan fingerprint density at radius 3 is 2.94 bits per heavy atom. The summed E-state index contributed by atoms with van der Waals surface area (Å²) < 4.78 is 5.33. The lowest BCUT2D eigenvalue weighted by Gasteiger charge is -2.31. The van der Waals surface area contributed by atoms with Crippen LogP contribution in [0.15, 0.2) is 0 Å². The Hall–Kier alpha value is -0.610. The molecule has 1 atom stereocenters. The van der Waals surface area contributed by atoms with E-state index in [1.807, 2.05) is 11.9 Å². The minimum Gasteiger partial charge on any atom is -0.381 e. The highest BCUT2D eigenvalue weighted by atomic mass is 16.5. The number of nitrogens with one attached hydrogen (secondary N) is 1. The Labute approximate surface area is 98.3 Å². The van der Waals surface area contributed by atoms with Crippen LogP contribution in [0, 0.1) is 0 Å². The molecule has 4 nitrogen and oxygen atoms in total. The fourth-order valence-electron chi connectivity index (χ4n) is 1.95. The maximum Gasteiger partial charge on any atom is 0.224 e. The summed E-state index contributed by atoms with van der Waals surface area (Å²) in [7, 11) is 1.90. The molecule has 0 aliphatic carbocycles. The van der Waals surface area contributed by atoms with Crippen molar-refractivity contribution < 1.29 is 9.53 Å². The second-order valence-corrected chi connectivity index (χ2v) is 4.37. The molecule has 0 aromatic carbocycles. The van der Waals surface area contributed by atoms with E-state index in [1.165, 1.54) is 0 Å². The van der Waals surface area contributed by atoms with Gasteiger partial charge in [-0.15, -0.1) is 0 Å². The molecular formula is C12H24N2O2. The van der Waals surface area contributed by atoms with Crippen molar-refractivity contribution in [3.05, 3.63) is 0 Å². The molecule has 0 radical (unpaired) electrons. The van der Waals surface area contributed by atoms with Crippen LogP contribution in [0.3, 0.4) is 0 Å². The minimum atomic E-state index is 0.199. The molecule has 94 valence electrons. The quantitative estimate of drug-likeness (QED) is 0.690. The highest BCUT2D eigenvalue weighted by molar-refractivity contribution is 5.76. The monoisotopic (exact) mass is 228 g/mol. The van der Waals surface area contributed by atoms with Gasteiger partial charge in [-0.3, -0.25) is 4.79 Å². The van der Waals surface area contributed by atoms with Crippen LogP contribution in [0.25, 0.3) is 0 Å². The number of carbonyl (C=O) groups is 1. The van der Waals surface area contributed by atoms with Gasteiger partial charge >= 0.3 is 0 Å². The Bertz CT molecular complexity index is 203. The summed E-state index contributed by atoms with van der Waals surface area (Å²) >= 11 is 0. The summed E-state index contributed by atoms with van der Waals surface area (Å²) in [5.41, 5.74) is 0. The molecule has 0 spiro atoms. The third-order valence-corrected chi connectivity index (χ3v) is 3.02. The second-order valence-electron chi connectivity index (χ2n) is 4.37. The molecule has 0 aromatic rings. The van der Waals surface area contributed by atoms with Crippen LogP contribution in [0.2, 0.25) is 0 Å². The number of ether oxygens (including phenoxy) is 1. The van der Waals surface area contributed by atoms with Gasteiger partial charge in [-0.2, -0.15) is 0 Å². The van der Waals surface area contributed by atoms with Gasteiger partial charge in [0.25, 0.3) is 0 Å². The van der Waals surface area contributed by atoms with Crippen LogP contribution in [-0.2, 0) is 9.53 Å².